The molecule has 1 aromatic carbocycles. The molecule has 1 aliphatic rings. The lowest BCUT2D eigenvalue weighted by molar-refractivity contribution is -0.232. The van der Waals surface area contributed by atoms with Crippen molar-refractivity contribution in [2.75, 3.05) is 6.61 Å². The van der Waals surface area contributed by atoms with Crippen LogP contribution in [0.2, 0.25) is 0 Å². The molecule has 94 valence electrons. The highest BCUT2D eigenvalue weighted by atomic mass is 19.1. The van der Waals surface area contributed by atoms with Crippen LogP contribution in [-0.4, -0.2) is 17.5 Å². The van der Waals surface area contributed by atoms with Gasteiger partial charge in [0.25, 0.3) is 0 Å². The number of aliphatic hydroxyl groups is 1. The van der Waals surface area contributed by atoms with E-state index in [0.717, 1.165) is 18.4 Å². The van der Waals surface area contributed by atoms with Crippen molar-refractivity contribution in [1.29, 1.82) is 0 Å². The predicted molar refractivity (Wildman–Crippen MR) is 64.2 cm³/mol. The Hall–Kier alpha value is -0.930. The van der Waals surface area contributed by atoms with E-state index in [9.17, 15) is 9.50 Å². The van der Waals surface area contributed by atoms with Crippen LogP contribution in [0.4, 0.5) is 4.39 Å². The van der Waals surface area contributed by atoms with Crippen LogP contribution in [0.15, 0.2) is 24.3 Å². The quantitative estimate of drug-likeness (QED) is 0.876. The van der Waals surface area contributed by atoms with Crippen LogP contribution in [0.5, 0.6) is 0 Å². The predicted octanol–water partition coefficient (Wildman–Crippen LogP) is 3.21. The minimum Gasteiger partial charge on any atom is -0.365 e. The second-order valence-electron chi connectivity index (χ2n) is 4.79. The highest BCUT2D eigenvalue weighted by Crippen LogP contribution is 2.34. The summed E-state index contributed by atoms with van der Waals surface area (Å²) < 4.78 is 18.4. The molecule has 1 aromatic rings. The number of ether oxygens (including phenoxy) is 1. The maximum atomic E-state index is 12.8. The highest BCUT2D eigenvalue weighted by molar-refractivity contribution is 5.21. The minimum absolute atomic E-state index is 0.215. The van der Waals surface area contributed by atoms with Gasteiger partial charge in [0.1, 0.15) is 5.82 Å². The van der Waals surface area contributed by atoms with E-state index in [-0.39, 0.29) is 11.7 Å². The Balaban J connectivity index is 1.97. The third kappa shape index (κ3) is 3.05. The molecule has 0 unspecified atom stereocenters. The zero-order chi connectivity index (χ0) is 12.3. The number of rotatable bonds is 3. The van der Waals surface area contributed by atoms with Crippen LogP contribution in [0.25, 0.3) is 0 Å². The smallest absolute Gasteiger partial charge is 0.165 e. The molecule has 0 aromatic heterocycles. The average Bonchev–Trinajstić information content (AvgIpc) is 2.31. The fourth-order valence-corrected chi connectivity index (χ4v) is 2.40. The summed E-state index contributed by atoms with van der Waals surface area (Å²) in [4.78, 5) is 0. The number of hydrogen-bond donors (Lipinski definition) is 1. The van der Waals surface area contributed by atoms with Gasteiger partial charge in [0.15, 0.2) is 5.79 Å². The molecule has 0 aliphatic carbocycles. The third-order valence-electron chi connectivity index (χ3n) is 3.42. The van der Waals surface area contributed by atoms with E-state index in [0.29, 0.717) is 19.4 Å². The van der Waals surface area contributed by atoms with Gasteiger partial charge < -0.3 is 9.84 Å². The molecule has 1 heterocycles. The molecule has 1 aliphatic heterocycles. The third-order valence-corrected chi connectivity index (χ3v) is 3.42. The van der Waals surface area contributed by atoms with Crippen LogP contribution in [0.3, 0.4) is 0 Å². The summed E-state index contributed by atoms with van der Waals surface area (Å²) in [5.41, 5.74) is 1.09. The molecular weight excluding hydrogens is 219 g/mol. The van der Waals surface area contributed by atoms with Crippen molar-refractivity contribution in [2.24, 2.45) is 0 Å². The van der Waals surface area contributed by atoms with Gasteiger partial charge in [-0.05, 0) is 24.1 Å². The van der Waals surface area contributed by atoms with Crippen molar-refractivity contribution in [2.45, 2.75) is 44.3 Å². The van der Waals surface area contributed by atoms with E-state index in [1.54, 1.807) is 12.1 Å². The highest BCUT2D eigenvalue weighted by Gasteiger charge is 2.33. The van der Waals surface area contributed by atoms with Crippen molar-refractivity contribution >= 4 is 0 Å². The fraction of sp³-hybridized carbons (Fsp3) is 0.571. The Kier molecular flexibility index (Phi) is 3.79. The van der Waals surface area contributed by atoms with Crippen molar-refractivity contribution in [3.63, 3.8) is 0 Å². The van der Waals surface area contributed by atoms with Gasteiger partial charge in [-0.3, -0.25) is 0 Å². The standard InChI is InChI=1S/C14H19FO2/c1-2-8-14(16)9-7-12(10-17-14)11-3-5-13(15)6-4-11/h3-6,12,16H,2,7-10H2,1H3/t12-,14-/m0/s1. The summed E-state index contributed by atoms with van der Waals surface area (Å²) in [6.45, 7) is 2.55. The van der Waals surface area contributed by atoms with Crippen LogP contribution >= 0.6 is 0 Å². The van der Waals surface area contributed by atoms with Crippen molar-refractivity contribution in [1.82, 2.24) is 0 Å². The first-order chi connectivity index (χ1) is 8.13. The lowest BCUT2D eigenvalue weighted by Crippen LogP contribution is -2.38. The zero-order valence-electron chi connectivity index (χ0n) is 10.2. The van der Waals surface area contributed by atoms with Gasteiger partial charge in [-0.2, -0.15) is 0 Å². The van der Waals surface area contributed by atoms with E-state index in [4.69, 9.17) is 4.74 Å². The van der Waals surface area contributed by atoms with Gasteiger partial charge in [0.2, 0.25) is 0 Å². The second-order valence-corrected chi connectivity index (χ2v) is 4.79. The second kappa shape index (κ2) is 5.15. The SMILES string of the molecule is CCC[C@@]1(O)CC[C@H](c2ccc(F)cc2)CO1. The Labute approximate surface area is 101 Å². The van der Waals surface area contributed by atoms with Gasteiger partial charge in [-0.15, -0.1) is 0 Å². The molecule has 1 saturated heterocycles. The van der Waals surface area contributed by atoms with E-state index >= 15 is 0 Å². The Morgan fingerprint density at radius 2 is 2.12 bits per heavy atom. The topological polar surface area (TPSA) is 29.5 Å². The van der Waals surface area contributed by atoms with Crippen LogP contribution < -0.4 is 0 Å². The molecule has 0 bridgehead atoms. The van der Waals surface area contributed by atoms with Gasteiger partial charge in [-0.25, -0.2) is 4.39 Å². The maximum absolute atomic E-state index is 12.8. The normalized spacial score (nSPS) is 29.2. The maximum Gasteiger partial charge on any atom is 0.165 e. The average molecular weight is 238 g/mol. The van der Waals surface area contributed by atoms with Crippen LogP contribution in [0.1, 0.15) is 44.1 Å². The summed E-state index contributed by atoms with van der Waals surface area (Å²) in [5, 5.41) is 10.1. The van der Waals surface area contributed by atoms with E-state index in [2.05, 4.69) is 0 Å². The molecule has 0 spiro atoms. The number of halogens is 1. The molecular formula is C14H19FO2. The first-order valence-electron chi connectivity index (χ1n) is 6.25. The molecule has 2 rings (SSSR count). The molecule has 2 nitrogen and oxygen atoms in total. The lowest BCUT2D eigenvalue weighted by atomic mass is 9.89. The minimum atomic E-state index is -0.939. The first-order valence-corrected chi connectivity index (χ1v) is 6.25. The van der Waals surface area contributed by atoms with Gasteiger partial charge >= 0.3 is 0 Å². The van der Waals surface area contributed by atoms with Crippen molar-refractivity contribution in [3.05, 3.63) is 35.6 Å². The molecule has 3 heteroatoms. The molecule has 0 saturated carbocycles. The van der Waals surface area contributed by atoms with E-state index < -0.39 is 5.79 Å². The monoisotopic (exact) mass is 238 g/mol. The van der Waals surface area contributed by atoms with E-state index in [1.165, 1.54) is 12.1 Å². The Bertz CT molecular complexity index is 353. The van der Waals surface area contributed by atoms with Crippen LogP contribution in [0, 0.1) is 5.82 Å². The number of benzene rings is 1. The summed E-state index contributed by atoms with van der Waals surface area (Å²) in [7, 11) is 0. The molecule has 0 radical (unpaired) electrons. The van der Waals surface area contributed by atoms with Crippen molar-refractivity contribution < 1.29 is 14.2 Å². The van der Waals surface area contributed by atoms with Crippen molar-refractivity contribution in [3.8, 4) is 0 Å². The summed E-state index contributed by atoms with van der Waals surface area (Å²) >= 11 is 0. The van der Waals surface area contributed by atoms with E-state index in [1.807, 2.05) is 6.92 Å². The Morgan fingerprint density at radius 1 is 1.41 bits per heavy atom. The summed E-state index contributed by atoms with van der Waals surface area (Å²) in [6, 6.07) is 6.55. The first kappa shape index (κ1) is 12.5. The van der Waals surface area contributed by atoms with Gasteiger partial charge in [-0.1, -0.05) is 25.5 Å². The number of hydrogen-bond acceptors (Lipinski definition) is 2. The van der Waals surface area contributed by atoms with Gasteiger partial charge in [0, 0.05) is 18.8 Å². The molecule has 1 fully saturated rings. The molecule has 17 heavy (non-hydrogen) atoms. The molecule has 2 atom stereocenters. The summed E-state index contributed by atoms with van der Waals surface area (Å²) in [5.74, 6) is -0.883. The largest absolute Gasteiger partial charge is 0.365 e. The fourth-order valence-electron chi connectivity index (χ4n) is 2.40. The van der Waals surface area contributed by atoms with Gasteiger partial charge in [0.05, 0.1) is 6.61 Å². The lowest BCUT2D eigenvalue weighted by Gasteiger charge is -2.36. The molecule has 1 N–H and O–H groups in total. The van der Waals surface area contributed by atoms with Crippen LogP contribution in [-0.2, 0) is 4.74 Å². The molecule has 0 amide bonds. The Morgan fingerprint density at radius 3 is 2.65 bits per heavy atom. The zero-order valence-corrected chi connectivity index (χ0v) is 10.2. The summed E-state index contributed by atoms with van der Waals surface area (Å²) in [6.07, 6.45) is 3.14.